The van der Waals surface area contributed by atoms with Gasteiger partial charge in [-0.2, -0.15) is 0 Å². The third-order valence-corrected chi connectivity index (χ3v) is 5.23. The van der Waals surface area contributed by atoms with Crippen LogP contribution >= 0.6 is 0 Å². The normalized spacial score (nSPS) is 19.0. The average Bonchev–Trinajstić information content (AvgIpc) is 2.68. The van der Waals surface area contributed by atoms with Crippen molar-refractivity contribution < 1.29 is 14.3 Å². The Morgan fingerprint density at radius 1 is 1.15 bits per heavy atom. The number of carbonyl (C=O) groups is 1. The molecule has 2 aromatic rings. The number of hydrogen-bond donors (Lipinski definition) is 1. The first-order valence-electron chi connectivity index (χ1n) is 9.37. The van der Waals surface area contributed by atoms with Gasteiger partial charge in [-0.3, -0.25) is 4.79 Å². The van der Waals surface area contributed by atoms with E-state index < -0.39 is 6.10 Å². The molecule has 138 valence electrons. The van der Waals surface area contributed by atoms with Crippen LogP contribution in [0.3, 0.4) is 0 Å². The van der Waals surface area contributed by atoms with Crippen LogP contribution in [0, 0.1) is 0 Å². The molecule has 0 unspecified atom stereocenters. The van der Waals surface area contributed by atoms with Crippen molar-refractivity contribution in [2.75, 3.05) is 0 Å². The predicted octanol–water partition coefficient (Wildman–Crippen LogP) is 4.65. The van der Waals surface area contributed by atoms with Gasteiger partial charge >= 0.3 is 0 Å². The molecule has 1 N–H and O–H groups in total. The van der Waals surface area contributed by atoms with Gasteiger partial charge in [0.1, 0.15) is 17.1 Å². The van der Waals surface area contributed by atoms with E-state index in [4.69, 9.17) is 9.47 Å². The molecule has 0 fully saturated rings. The van der Waals surface area contributed by atoms with E-state index in [0.29, 0.717) is 5.75 Å². The zero-order chi connectivity index (χ0) is 18.6. The third-order valence-electron chi connectivity index (χ3n) is 5.23. The molecule has 1 aliphatic rings. The predicted molar refractivity (Wildman–Crippen MR) is 102 cm³/mol. The molecule has 0 radical (unpaired) electrons. The van der Waals surface area contributed by atoms with Gasteiger partial charge in [0.05, 0.1) is 6.04 Å². The number of hydrogen-bond acceptors (Lipinski definition) is 3. The number of carbonyl (C=O) groups excluding carboxylic acids is 1. The zero-order valence-corrected chi connectivity index (χ0v) is 15.7. The lowest BCUT2D eigenvalue weighted by molar-refractivity contribution is -0.128. The third kappa shape index (κ3) is 3.85. The minimum atomic E-state index is -0.565. The van der Waals surface area contributed by atoms with Crippen LogP contribution in [0.1, 0.15) is 51.6 Å². The van der Waals surface area contributed by atoms with Crippen LogP contribution in [-0.2, 0) is 4.79 Å². The van der Waals surface area contributed by atoms with Gasteiger partial charge in [0.15, 0.2) is 6.10 Å². The summed E-state index contributed by atoms with van der Waals surface area (Å²) in [5.41, 5.74) is 0.792. The number of para-hydroxylation sites is 2. The van der Waals surface area contributed by atoms with E-state index in [2.05, 4.69) is 19.2 Å². The van der Waals surface area contributed by atoms with Crippen molar-refractivity contribution in [3.05, 3.63) is 60.2 Å². The topological polar surface area (TPSA) is 47.6 Å². The first-order chi connectivity index (χ1) is 12.6. The molecule has 4 heteroatoms. The standard InChI is InChI=1S/C22H27NO3/c1-4-22(5-2)15-19(18-13-9-10-14-20(18)26-22)23-21(24)16(3)25-17-11-7-6-8-12-17/h6-14,16,19H,4-5,15H2,1-3H3,(H,23,24)/t16-,19+/m1/s1. The molecule has 0 saturated carbocycles. The first-order valence-corrected chi connectivity index (χ1v) is 9.37. The van der Waals surface area contributed by atoms with E-state index in [1.54, 1.807) is 6.92 Å². The number of nitrogens with one attached hydrogen (secondary N) is 1. The Kier molecular flexibility index (Phi) is 5.50. The minimum absolute atomic E-state index is 0.0748. The van der Waals surface area contributed by atoms with Crippen molar-refractivity contribution in [2.24, 2.45) is 0 Å². The Balaban J connectivity index is 1.76. The molecule has 0 bridgehead atoms. The Morgan fingerprint density at radius 2 is 1.81 bits per heavy atom. The van der Waals surface area contributed by atoms with Crippen LogP contribution in [-0.4, -0.2) is 17.6 Å². The smallest absolute Gasteiger partial charge is 0.261 e. The van der Waals surface area contributed by atoms with Gasteiger partial charge in [0.2, 0.25) is 0 Å². The maximum atomic E-state index is 12.7. The highest BCUT2D eigenvalue weighted by atomic mass is 16.5. The SMILES string of the molecule is CCC1(CC)C[C@H](NC(=O)[C@@H](C)Oc2ccccc2)c2ccccc2O1. The molecule has 2 aromatic carbocycles. The van der Waals surface area contributed by atoms with Crippen LogP contribution in [0.5, 0.6) is 11.5 Å². The van der Waals surface area contributed by atoms with E-state index in [-0.39, 0.29) is 17.6 Å². The molecule has 0 saturated heterocycles. The fraction of sp³-hybridized carbons (Fsp3) is 0.409. The summed E-state index contributed by atoms with van der Waals surface area (Å²) in [6.45, 7) is 6.05. The molecule has 1 heterocycles. The van der Waals surface area contributed by atoms with E-state index in [9.17, 15) is 4.79 Å². The highest BCUT2D eigenvalue weighted by Gasteiger charge is 2.39. The minimum Gasteiger partial charge on any atom is -0.487 e. The van der Waals surface area contributed by atoms with E-state index in [0.717, 1.165) is 30.6 Å². The summed E-state index contributed by atoms with van der Waals surface area (Å²) in [6.07, 6.45) is 2.01. The molecule has 0 spiro atoms. The summed E-state index contributed by atoms with van der Waals surface area (Å²) >= 11 is 0. The maximum absolute atomic E-state index is 12.7. The summed E-state index contributed by atoms with van der Waals surface area (Å²) in [6, 6.07) is 17.3. The quantitative estimate of drug-likeness (QED) is 0.822. The van der Waals surface area contributed by atoms with E-state index >= 15 is 0 Å². The van der Waals surface area contributed by atoms with Crippen molar-refractivity contribution in [2.45, 2.75) is 57.8 Å². The van der Waals surface area contributed by atoms with Crippen molar-refractivity contribution >= 4 is 5.91 Å². The van der Waals surface area contributed by atoms with Gasteiger partial charge in [-0.05, 0) is 38.0 Å². The Labute approximate surface area is 155 Å². The van der Waals surface area contributed by atoms with Crippen molar-refractivity contribution in [3.63, 3.8) is 0 Å². The van der Waals surface area contributed by atoms with E-state index in [1.807, 2.05) is 54.6 Å². The largest absolute Gasteiger partial charge is 0.487 e. The molecule has 4 nitrogen and oxygen atoms in total. The lowest BCUT2D eigenvalue weighted by Crippen LogP contribution is -2.46. The van der Waals surface area contributed by atoms with Crippen LogP contribution in [0.25, 0.3) is 0 Å². The number of amides is 1. The van der Waals surface area contributed by atoms with Crippen LogP contribution < -0.4 is 14.8 Å². The highest BCUT2D eigenvalue weighted by molar-refractivity contribution is 5.81. The van der Waals surface area contributed by atoms with Gasteiger partial charge in [0, 0.05) is 12.0 Å². The second-order valence-corrected chi connectivity index (χ2v) is 6.87. The molecule has 1 amide bonds. The monoisotopic (exact) mass is 353 g/mol. The fourth-order valence-corrected chi connectivity index (χ4v) is 3.48. The summed E-state index contributed by atoms with van der Waals surface area (Å²) in [5, 5.41) is 3.17. The molecule has 2 atom stereocenters. The molecule has 26 heavy (non-hydrogen) atoms. The Hall–Kier alpha value is -2.49. The van der Waals surface area contributed by atoms with Gasteiger partial charge in [-0.25, -0.2) is 0 Å². The second kappa shape index (κ2) is 7.81. The van der Waals surface area contributed by atoms with Gasteiger partial charge in [0.25, 0.3) is 5.91 Å². The maximum Gasteiger partial charge on any atom is 0.261 e. The number of rotatable bonds is 6. The molecule has 3 rings (SSSR count). The molecular formula is C22H27NO3. The van der Waals surface area contributed by atoms with Gasteiger partial charge in [-0.1, -0.05) is 50.2 Å². The highest BCUT2D eigenvalue weighted by Crippen LogP contribution is 2.42. The van der Waals surface area contributed by atoms with Crippen LogP contribution in [0.15, 0.2) is 54.6 Å². The van der Waals surface area contributed by atoms with Crippen LogP contribution in [0.2, 0.25) is 0 Å². The summed E-state index contributed by atoms with van der Waals surface area (Å²) in [7, 11) is 0. The summed E-state index contributed by atoms with van der Waals surface area (Å²) in [5.74, 6) is 1.44. The van der Waals surface area contributed by atoms with Crippen molar-refractivity contribution in [1.29, 1.82) is 0 Å². The summed E-state index contributed by atoms with van der Waals surface area (Å²) in [4.78, 5) is 12.7. The number of fused-ring (bicyclic) bond motifs is 1. The van der Waals surface area contributed by atoms with Crippen molar-refractivity contribution in [1.82, 2.24) is 5.32 Å². The number of ether oxygens (including phenoxy) is 2. The lowest BCUT2D eigenvalue weighted by Gasteiger charge is -2.41. The molecule has 1 aliphatic heterocycles. The zero-order valence-electron chi connectivity index (χ0n) is 15.7. The van der Waals surface area contributed by atoms with Gasteiger partial charge in [-0.15, -0.1) is 0 Å². The second-order valence-electron chi connectivity index (χ2n) is 6.87. The first kappa shape index (κ1) is 18.3. The summed E-state index contributed by atoms with van der Waals surface area (Å²) < 4.78 is 12.1. The average molecular weight is 353 g/mol. The molecular weight excluding hydrogens is 326 g/mol. The lowest BCUT2D eigenvalue weighted by atomic mass is 9.83. The fourth-order valence-electron chi connectivity index (χ4n) is 3.48. The van der Waals surface area contributed by atoms with Crippen molar-refractivity contribution in [3.8, 4) is 11.5 Å². The van der Waals surface area contributed by atoms with E-state index in [1.165, 1.54) is 0 Å². The molecule has 0 aromatic heterocycles. The van der Waals surface area contributed by atoms with Crippen LogP contribution in [0.4, 0.5) is 0 Å². The molecule has 0 aliphatic carbocycles. The Bertz CT molecular complexity index is 740. The number of benzene rings is 2. The Morgan fingerprint density at radius 3 is 2.50 bits per heavy atom. The van der Waals surface area contributed by atoms with Gasteiger partial charge < -0.3 is 14.8 Å².